The van der Waals surface area contributed by atoms with Gasteiger partial charge >= 0.3 is 0 Å². The topological polar surface area (TPSA) is 41.6 Å². The van der Waals surface area contributed by atoms with E-state index in [4.69, 9.17) is 4.74 Å². The normalized spacial score (nSPS) is 18.0. The zero-order valence-corrected chi connectivity index (χ0v) is 12.4. The van der Waals surface area contributed by atoms with Crippen molar-refractivity contribution in [3.8, 4) is 5.75 Å². The largest absolute Gasteiger partial charge is 0.497 e. The van der Waals surface area contributed by atoms with E-state index in [2.05, 4.69) is 5.32 Å². The minimum absolute atomic E-state index is 0.217. The van der Waals surface area contributed by atoms with E-state index in [0.29, 0.717) is 19.0 Å². The van der Waals surface area contributed by atoms with Crippen LogP contribution in [-0.4, -0.2) is 37.6 Å². The molecule has 0 aromatic heterocycles. The average Bonchev–Trinajstić information content (AvgIpc) is 2.98. The number of hydrogen-bond acceptors (Lipinski definition) is 3. The lowest BCUT2D eigenvalue weighted by Gasteiger charge is -2.18. The van der Waals surface area contributed by atoms with Crippen LogP contribution in [0.4, 0.5) is 0 Å². The fraction of sp³-hybridized carbons (Fsp3) is 0.562. The van der Waals surface area contributed by atoms with Gasteiger partial charge in [0, 0.05) is 26.1 Å². The summed E-state index contributed by atoms with van der Waals surface area (Å²) in [7, 11) is 3.52. The quantitative estimate of drug-likeness (QED) is 0.866. The second-order valence-electron chi connectivity index (χ2n) is 5.43. The molecule has 1 unspecified atom stereocenters. The van der Waals surface area contributed by atoms with E-state index in [9.17, 15) is 4.79 Å². The third-order valence-electron chi connectivity index (χ3n) is 3.87. The van der Waals surface area contributed by atoms with E-state index < -0.39 is 0 Å². The molecule has 1 aromatic carbocycles. The summed E-state index contributed by atoms with van der Waals surface area (Å²) in [5.41, 5.74) is 1.13. The van der Waals surface area contributed by atoms with Crippen LogP contribution < -0.4 is 10.1 Å². The second-order valence-corrected chi connectivity index (χ2v) is 5.43. The number of methoxy groups -OCH3 is 1. The molecule has 4 heteroatoms. The summed E-state index contributed by atoms with van der Waals surface area (Å²) in [6, 6.07) is 8.39. The van der Waals surface area contributed by atoms with Gasteiger partial charge in [-0.3, -0.25) is 4.79 Å². The van der Waals surface area contributed by atoms with Crippen LogP contribution in [0.1, 0.15) is 31.2 Å². The predicted molar refractivity (Wildman–Crippen MR) is 79.7 cm³/mol. The van der Waals surface area contributed by atoms with Crippen LogP contribution in [-0.2, 0) is 11.3 Å². The molecular weight excluding hydrogens is 252 g/mol. The smallest absolute Gasteiger partial charge is 0.222 e. The molecule has 1 saturated heterocycles. The summed E-state index contributed by atoms with van der Waals surface area (Å²) < 4.78 is 5.13. The van der Waals surface area contributed by atoms with Gasteiger partial charge in [-0.25, -0.2) is 0 Å². The van der Waals surface area contributed by atoms with Crippen molar-refractivity contribution in [3.05, 3.63) is 29.8 Å². The molecule has 1 aromatic rings. The molecule has 1 amide bonds. The minimum Gasteiger partial charge on any atom is -0.497 e. The van der Waals surface area contributed by atoms with Crippen LogP contribution in [0.3, 0.4) is 0 Å². The number of amides is 1. The maximum absolute atomic E-state index is 12.1. The third kappa shape index (κ3) is 4.23. The molecule has 0 bridgehead atoms. The van der Waals surface area contributed by atoms with Gasteiger partial charge in [0.15, 0.2) is 0 Å². The van der Waals surface area contributed by atoms with Gasteiger partial charge in [0.05, 0.1) is 7.11 Å². The van der Waals surface area contributed by atoms with E-state index in [1.54, 1.807) is 12.0 Å². The van der Waals surface area contributed by atoms with E-state index in [0.717, 1.165) is 24.3 Å². The van der Waals surface area contributed by atoms with Crippen molar-refractivity contribution in [2.24, 2.45) is 0 Å². The Balaban J connectivity index is 1.77. The van der Waals surface area contributed by atoms with Crippen molar-refractivity contribution in [2.75, 3.05) is 20.7 Å². The van der Waals surface area contributed by atoms with Crippen molar-refractivity contribution in [2.45, 2.75) is 38.3 Å². The monoisotopic (exact) mass is 276 g/mol. The molecule has 1 aliphatic rings. The fourth-order valence-corrected chi connectivity index (χ4v) is 2.58. The standard InChI is InChI=1S/C16H24N2O2/c1-18(12-13-5-8-15(20-2)9-6-13)16(19)10-7-14-4-3-11-17-14/h5-6,8-9,14,17H,3-4,7,10-12H2,1-2H3. The highest BCUT2D eigenvalue weighted by Crippen LogP contribution is 2.14. The maximum atomic E-state index is 12.1. The van der Waals surface area contributed by atoms with Gasteiger partial charge in [0.2, 0.25) is 5.91 Å². The highest BCUT2D eigenvalue weighted by Gasteiger charge is 2.17. The minimum atomic E-state index is 0.217. The summed E-state index contributed by atoms with van der Waals surface area (Å²) in [4.78, 5) is 13.9. The number of nitrogens with zero attached hydrogens (tertiary/aromatic N) is 1. The molecule has 4 nitrogen and oxygen atoms in total. The second kappa shape index (κ2) is 7.29. The lowest BCUT2D eigenvalue weighted by molar-refractivity contribution is -0.130. The molecule has 1 atom stereocenters. The van der Waals surface area contributed by atoms with Gasteiger partial charge < -0.3 is 15.0 Å². The first-order chi connectivity index (χ1) is 9.69. The van der Waals surface area contributed by atoms with Crippen molar-refractivity contribution < 1.29 is 9.53 Å². The Morgan fingerprint density at radius 2 is 2.15 bits per heavy atom. The van der Waals surface area contributed by atoms with Crippen LogP contribution in [0.15, 0.2) is 24.3 Å². The summed E-state index contributed by atoms with van der Waals surface area (Å²) in [6.45, 7) is 1.75. The Labute approximate surface area is 121 Å². The highest BCUT2D eigenvalue weighted by atomic mass is 16.5. The lowest BCUT2D eigenvalue weighted by atomic mass is 10.1. The molecule has 1 N–H and O–H groups in total. The van der Waals surface area contributed by atoms with E-state index in [-0.39, 0.29) is 5.91 Å². The molecule has 1 aliphatic heterocycles. The SMILES string of the molecule is COc1ccc(CN(C)C(=O)CCC2CCCN2)cc1. The van der Waals surface area contributed by atoms with Crippen LogP contribution in [0, 0.1) is 0 Å². The number of hydrogen-bond donors (Lipinski definition) is 1. The third-order valence-corrected chi connectivity index (χ3v) is 3.87. The Bertz CT molecular complexity index is 425. The number of rotatable bonds is 6. The van der Waals surface area contributed by atoms with E-state index in [1.807, 2.05) is 31.3 Å². The summed E-state index contributed by atoms with van der Waals surface area (Å²) in [6.07, 6.45) is 4.02. The Hall–Kier alpha value is -1.55. The van der Waals surface area contributed by atoms with Gasteiger partial charge in [0.1, 0.15) is 5.75 Å². The summed E-state index contributed by atoms with van der Waals surface area (Å²) >= 11 is 0. The molecule has 0 spiro atoms. The van der Waals surface area contributed by atoms with Crippen molar-refractivity contribution >= 4 is 5.91 Å². The van der Waals surface area contributed by atoms with Crippen molar-refractivity contribution in [1.82, 2.24) is 10.2 Å². The molecule has 1 heterocycles. The number of carbonyl (C=O) groups excluding carboxylic acids is 1. The fourth-order valence-electron chi connectivity index (χ4n) is 2.58. The van der Waals surface area contributed by atoms with Gasteiger partial charge in [0.25, 0.3) is 0 Å². The predicted octanol–water partition coefficient (Wildman–Crippen LogP) is 2.19. The van der Waals surface area contributed by atoms with Crippen LogP contribution in [0.2, 0.25) is 0 Å². The molecule has 0 radical (unpaired) electrons. The Morgan fingerprint density at radius 1 is 1.40 bits per heavy atom. The molecule has 20 heavy (non-hydrogen) atoms. The molecule has 110 valence electrons. The average molecular weight is 276 g/mol. The zero-order valence-electron chi connectivity index (χ0n) is 12.4. The highest BCUT2D eigenvalue weighted by molar-refractivity contribution is 5.75. The molecule has 1 fully saturated rings. The summed E-state index contributed by atoms with van der Waals surface area (Å²) in [5.74, 6) is 1.06. The number of benzene rings is 1. The Morgan fingerprint density at radius 3 is 2.75 bits per heavy atom. The van der Waals surface area contributed by atoms with Gasteiger partial charge in [-0.05, 0) is 43.5 Å². The maximum Gasteiger partial charge on any atom is 0.222 e. The van der Waals surface area contributed by atoms with Crippen LogP contribution >= 0.6 is 0 Å². The van der Waals surface area contributed by atoms with Crippen LogP contribution in [0.25, 0.3) is 0 Å². The molecule has 2 rings (SSSR count). The molecule has 0 aliphatic carbocycles. The van der Waals surface area contributed by atoms with Gasteiger partial charge in [-0.15, -0.1) is 0 Å². The van der Waals surface area contributed by atoms with Gasteiger partial charge in [-0.2, -0.15) is 0 Å². The van der Waals surface area contributed by atoms with Crippen LogP contribution in [0.5, 0.6) is 5.75 Å². The number of ether oxygens (including phenoxy) is 1. The first-order valence-electron chi connectivity index (χ1n) is 7.29. The number of carbonyl (C=O) groups is 1. The lowest BCUT2D eigenvalue weighted by Crippen LogP contribution is -2.29. The zero-order chi connectivity index (χ0) is 14.4. The van der Waals surface area contributed by atoms with Gasteiger partial charge in [-0.1, -0.05) is 12.1 Å². The molecule has 0 saturated carbocycles. The first-order valence-corrected chi connectivity index (χ1v) is 7.29. The van der Waals surface area contributed by atoms with Crippen molar-refractivity contribution in [3.63, 3.8) is 0 Å². The van der Waals surface area contributed by atoms with E-state index >= 15 is 0 Å². The number of nitrogens with one attached hydrogen (secondary N) is 1. The first kappa shape index (κ1) is 14.9. The van der Waals surface area contributed by atoms with Crippen molar-refractivity contribution in [1.29, 1.82) is 0 Å². The summed E-state index contributed by atoms with van der Waals surface area (Å²) in [5, 5.41) is 3.43. The van der Waals surface area contributed by atoms with E-state index in [1.165, 1.54) is 12.8 Å². The Kier molecular flexibility index (Phi) is 5.41. The molecular formula is C16H24N2O2.